The van der Waals surface area contributed by atoms with Gasteiger partial charge in [0, 0.05) is 42.8 Å². The van der Waals surface area contributed by atoms with Crippen LogP contribution in [0.1, 0.15) is 67.3 Å². The Morgan fingerprint density at radius 1 is 1.03 bits per heavy atom. The van der Waals surface area contributed by atoms with E-state index in [0.717, 1.165) is 50.5 Å². The van der Waals surface area contributed by atoms with E-state index >= 15 is 0 Å². The van der Waals surface area contributed by atoms with Gasteiger partial charge < -0.3 is 20.7 Å². The van der Waals surface area contributed by atoms with Gasteiger partial charge in [-0.15, -0.1) is 0 Å². The second-order valence-electron chi connectivity index (χ2n) is 11.1. The van der Waals surface area contributed by atoms with E-state index in [0.29, 0.717) is 36.9 Å². The number of nitrogens with zero attached hydrogens (tertiary/aromatic N) is 2. The molecule has 3 aliphatic rings. The molecule has 2 saturated carbocycles. The molecule has 38 heavy (non-hydrogen) atoms. The van der Waals surface area contributed by atoms with Gasteiger partial charge in [-0.25, -0.2) is 4.39 Å². The number of benzene rings is 2. The highest BCUT2D eigenvalue weighted by Crippen LogP contribution is 2.35. The van der Waals surface area contributed by atoms with Crippen molar-refractivity contribution < 1.29 is 18.7 Å². The van der Waals surface area contributed by atoms with Gasteiger partial charge in [0.2, 0.25) is 5.91 Å². The predicted molar refractivity (Wildman–Crippen MR) is 144 cm³/mol. The molecule has 1 heterocycles. The first kappa shape index (κ1) is 26.6. The fourth-order valence-corrected chi connectivity index (χ4v) is 5.99. The number of carbonyl (C=O) groups excluding carboxylic acids is 2. The summed E-state index contributed by atoms with van der Waals surface area (Å²) in [6, 6.07) is 14.2. The molecule has 3 N–H and O–H groups in total. The molecule has 2 aromatic rings. The second kappa shape index (κ2) is 11.8. The number of ether oxygens (including phenoxy) is 1. The van der Waals surface area contributed by atoms with Crippen LogP contribution in [0.4, 0.5) is 4.39 Å². The Hall–Kier alpha value is -2.97. The van der Waals surface area contributed by atoms with Gasteiger partial charge in [-0.1, -0.05) is 18.2 Å². The first-order valence-electron chi connectivity index (χ1n) is 13.9. The Bertz CT molecular complexity index is 1110. The van der Waals surface area contributed by atoms with Gasteiger partial charge in [-0.3, -0.25) is 14.5 Å². The number of amides is 2. The number of nitrogens with two attached hydrogens (primary N) is 1. The summed E-state index contributed by atoms with van der Waals surface area (Å²) in [5, 5.41) is 3.26. The van der Waals surface area contributed by atoms with Crippen LogP contribution in [0, 0.1) is 5.82 Å². The summed E-state index contributed by atoms with van der Waals surface area (Å²) in [6.07, 6.45) is 7.15. The molecule has 5 rings (SSSR count). The van der Waals surface area contributed by atoms with Gasteiger partial charge in [0.05, 0.1) is 7.11 Å². The maximum absolute atomic E-state index is 13.7. The van der Waals surface area contributed by atoms with Crippen LogP contribution in [0.15, 0.2) is 48.5 Å². The van der Waals surface area contributed by atoms with E-state index in [9.17, 15) is 14.0 Å². The van der Waals surface area contributed by atoms with E-state index in [1.165, 1.54) is 12.1 Å². The van der Waals surface area contributed by atoms with Crippen LogP contribution in [0.25, 0.3) is 0 Å². The Labute approximate surface area is 224 Å². The lowest BCUT2D eigenvalue weighted by Gasteiger charge is -2.43. The second-order valence-corrected chi connectivity index (χ2v) is 11.1. The number of hydrogen-bond donors (Lipinski definition) is 2. The Kier molecular flexibility index (Phi) is 8.29. The number of rotatable bonds is 8. The molecule has 8 heteroatoms. The number of hydrogen-bond acceptors (Lipinski definition) is 5. The minimum Gasteiger partial charge on any atom is -0.497 e. The molecule has 0 spiro atoms. The van der Waals surface area contributed by atoms with E-state index in [2.05, 4.69) is 10.2 Å². The number of carbonyl (C=O) groups is 2. The maximum Gasteiger partial charge on any atom is 0.254 e. The summed E-state index contributed by atoms with van der Waals surface area (Å²) >= 11 is 0. The van der Waals surface area contributed by atoms with Crippen molar-refractivity contribution in [2.75, 3.05) is 13.7 Å². The predicted octanol–water partition coefficient (Wildman–Crippen LogP) is 3.86. The van der Waals surface area contributed by atoms with Crippen molar-refractivity contribution in [3.63, 3.8) is 0 Å². The third-order valence-electron chi connectivity index (χ3n) is 8.34. The number of methoxy groups -OCH3 is 1. The highest BCUT2D eigenvalue weighted by molar-refractivity contribution is 5.98. The lowest BCUT2D eigenvalue weighted by atomic mass is 9.90. The highest BCUT2D eigenvalue weighted by atomic mass is 19.1. The molecule has 2 amide bonds. The third kappa shape index (κ3) is 6.35. The normalized spacial score (nSPS) is 25.7. The standard InChI is InChI=1S/C30H39FN4O3/c1-38-27-4-2-3-21(17-27)30(37)34-16-15-26(18-28(34)29(36)33-24-11-9-23(32)10-12-24)35(25-13-14-25)19-20-5-7-22(31)8-6-20/h2-8,17,23-26,28H,9-16,18-19,32H2,1H3,(H,33,36)/t23?,24?,26?,28-/m1/s1. The summed E-state index contributed by atoms with van der Waals surface area (Å²) in [5.74, 6) is 0.148. The van der Waals surface area contributed by atoms with E-state index in [1.807, 2.05) is 18.2 Å². The third-order valence-corrected chi connectivity index (χ3v) is 8.34. The van der Waals surface area contributed by atoms with Gasteiger partial charge in [-0.2, -0.15) is 0 Å². The van der Waals surface area contributed by atoms with Crippen molar-refractivity contribution >= 4 is 11.8 Å². The average molecular weight is 523 g/mol. The van der Waals surface area contributed by atoms with E-state index < -0.39 is 6.04 Å². The molecule has 1 aliphatic heterocycles. The van der Waals surface area contributed by atoms with Crippen molar-refractivity contribution in [3.8, 4) is 5.75 Å². The van der Waals surface area contributed by atoms with Crippen LogP contribution in [0.5, 0.6) is 5.75 Å². The molecular formula is C30H39FN4O3. The molecule has 7 nitrogen and oxygen atoms in total. The fraction of sp³-hybridized carbons (Fsp3) is 0.533. The van der Waals surface area contributed by atoms with Crippen molar-refractivity contribution in [1.82, 2.24) is 15.1 Å². The van der Waals surface area contributed by atoms with Crippen molar-refractivity contribution in [1.29, 1.82) is 0 Å². The monoisotopic (exact) mass is 522 g/mol. The van der Waals surface area contributed by atoms with Crippen LogP contribution >= 0.6 is 0 Å². The van der Waals surface area contributed by atoms with Gasteiger partial charge in [0.25, 0.3) is 5.91 Å². The van der Waals surface area contributed by atoms with Gasteiger partial charge in [-0.05, 0) is 87.3 Å². The zero-order valence-electron chi connectivity index (χ0n) is 22.2. The van der Waals surface area contributed by atoms with Crippen LogP contribution < -0.4 is 15.8 Å². The zero-order chi connectivity index (χ0) is 26.6. The molecule has 2 atom stereocenters. The molecule has 1 unspecified atom stereocenters. The van der Waals surface area contributed by atoms with Gasteiger partial charge >= 0.3 is 0 Å². The Morgan fingerprint density at radius 2 is 1.76 bits per heavy atom. The Morgan fingerprint density at radius 3 is 2.45 bits per heavy atom. The van der Waals surface area contributed by atoms with Crippen LogP contribution in [0.2, 0.25) is 0 Å². The molecule has 204 valence electrons. The van der Waals surface area contributed by atoms with Crippen molar-refractivity contribution in [3.05, 3.63) is 65.5 Å². The zero-order valence-corrected chi connectivity index (χ0v) is 22.2. The molecule has 2 aliphatic carbocycles. The molecule has 0 aromatic heterocycles. The van der Waals surface area contributed by atoms with Crippen LogP contribution in [-0.2, 0) is 11.3 Å². The number of piperidine rings is 1. The lowest BCUT2D eigenvalue weighted by Crippen LogP contribution is -2.58. The van der Waals surface area contributed by atoms with Crippen LogP contribution in [0.3, 0.4) is 0 Å². The smallest absolute Gasteiger partial charge is 0.254 e. The largest absolute Gasteiger partial charge is 0.497 e. The topological polar surface area (TPSA) is 87.9 Å². The van der Waals surface area contributed by atoms with Crippen LogP contribution in [-0.4, -0.2) is 65.5 Å². The van der Waals surface area contributed by atoms with E-state index in [-0.39, 0.29) is 35.8 Å². The summed E-state index contributed by atoms with van der Waals surface area (Å²) in [5.41, 5.74) is 7.66. The average Bonchev–Trinajstić information content (AvgIpc) is 3.79. The lowest BCUT2D eigenvalue weighted by molar-refractivity contribution is -0.128. The first-order chi connectivity index (χ1) is 18.4. The molecule has 0 bridgehead atoms. The van der Waals surface area contributed by atoms with Crippen molar-refractivity contribution in [2.24, 2.45) is 5.73 Å². The minimum atomic E-state index is -0.558. The fourth-order valence-electron chi connectivity index (χ4n) is 5.99. The molecule has 2 aromatic carbocycles. The minimum absolute atomic E-state index is 0.0797. The SMILES string of the molecule is COc1cccc(C(=O)N2CCC(N(Cc3ccc(F)cc3)C3CC3)C[C@@H]2C(=O)NC2CCC(N)CC2)c1. The number of halogens is 1. The molecular weight excluding hydrogens is 483 g/mol. The number of likely N-dealkylation sites (tertiary alicyclic amines) is 1. The quantitative estimate of drug-likeness (QED) is 0.550. The van der Waals surface area contributed by atoms with Gasteiger partial charge in [0.15, 0.2) is 0 Å². The van der Waals surface area contributed by atoms with E-state index in [4.69, 9.17) is 10.5 Å². The summed E-state index contributed by atoms with van der Waals surface area (Å²) in [7, 11) is 1.58. The summed E-state index contributed by atoms with van der Waals surface area (Å²) in [6.45, 7) is 1.22. The van der Waals surface area contributed by atoms with E-state index in [1.54, 1.807) is 30.2 Å². The maximum atomic E-state index is 13.7. The Balaban J connectivity index is 1.35. The molecule has 3 fully saturated rings. The molecule has 1 saturated heterocycles. The summed E-state index contributed by atoms with van der Waals surface area (Å²) < 4.78 is 18.8. The number of nitrogens with one attached hydrogen (secondary N) is 1. The first-order valence-corrected chi connectivity index (χ1v) is 13.9. The van der Waals surface area contributed by atoms with Crippen molar-refractivity contribution in [2.45, 2.75) is 88.1 Å². The summed E-state index contributed by atoms with van der Waals surface area (Å²) in [4.78, 5) is 31.7. The molecule has 0 radical (unpaired) electrons. The highest BCUT2D eigenvalue weighted by Gasteiger charge is 2.42. The van der Waals surface area contributed by atoms with Gasteiger partial charge in [0.1, 0.15) is 17.6 Å².